The average Bonchev–Trinajstić information content (AvgIpc) is 3.10. The molecule has 1 aliphatic heterocycles. The molecule has 0 aliphatic carbocycles. The van der Waals surface area contributed by atoms with E-state index in [-0.39, 0.29) is 12.5 Å². The van der Waals surface area contributed by atoms with Crippen LogP contribution in [0.15, 0.2) is 36.9 Å². The molecular formula is C15H19N5O2. The topological polar surface area (TPSA) is 74.5 Å². The molecule has 1 N–H and O–H groups in total. The van der Waals surface area contributed by atoms with Gasteiger partial charge in [0.05, 0.1) is 6.61 Å². The number of β-amino-alcohol motifs (C(OH)–C–C–N with tert-alkyl or cyclic N) is 1. The maximum atomic E-state index is 12.5. The van der Waals surface area contributed by atoms with Gasteiger partial charge < -0.3 is 10.0 Å². The smallest absolute Gasteiger partial charge is 0.253 e. The fourth-order valence-electron chi connectivity index (χ4n) is 2.61. The van der Waals surface area contributed by atoms with Gasteiger partial charge in [-0.25, -0.2) is 0 Å². The molecule has 0 saturated carbocycles. The number of piperazine rings is 1. The molecule has 1 aromatic carbocycles. The van der Waals surface area contributed by atoms with Crippen molar-refractivity contribution >= 4 is 5.91 Å². The molecule has 1 aromatic heterocycles. The summed E-state index contributed by atoms with van der Waals surface area (Å²) in [7, 11) is 0. The molecule has 1 fully saturated rings. The molecule has 0 unspecified atom stereocenters. The number of amides is 1. The minimum Gasteiger partial charge on any atom is -0.395 e. The molecule has 0 radical (unpaired) electrons. The third kappa shape index (κ3) is 3.15. The first kappa shape index (κ1) is 14.7. The summed E-state index contributed by atoms with van der Waals surface area (Å²) in [5.41, 5.74) is 1.61. The molecule has 1 aliphatic rings. The first-order valence-electron chi connectivity index (χ1n) is 7.35. The summed E-state index contributed by atoms with van der Waals surface area (Å²) in [6.07, 6.45) is 3.24. The molecule has 2 aromatic rings. The van der Waals surface area contributed by atoms with Gasteiger partial charge in [0.15, 0.2) is 0 Å². The van der Waals surface area contributed by atoms with Crippen molar-refractivity contribution in [1.29, 1.82) is 0 Å². The molecule has 7 heteroatoms. The van der Waals surface area contributed by atoms with Crippen LogP contribution in [0, 0.1) is 0 Å². The van der Waals surface area contributed by atoms with E-state index in [4.69, 9.17) is 5.11 Å². The summed E-state index contributed by atoms with van der Waals surface area (Å²) in [5, 5.41) is 16.5. The van der Waals surface area contributed by atoms with E-state index in [1.54, 1.807) is 17.2 Å². The lowest BCUT2D eigenvalue weighted by atomic mass is 10.1. The summed E-state index contributed by atoms with van der Waals surface area (Å²) in [5.74, 6) is 0.0546. The van der Waals surface area contributed by atoms with Crippen molar-refractivity contribution in [1.82, 2.24) is 24.6 Å². The predicted octanol–water partition coefficient (Wildman–Crippen LogP) is 0.0174. The van der Waals surface area contributed by atoms with Gasteiger partial charge in [-0.1, -0.05) is 0 Å². The summed E-state index contributed by atoms with van der Waals surface area (Å²) in [6, 6.07) is 7.44. The van der Waals surface area contributed by atoms with Crippen molar-refractivity contribution in [3.05, 3.63) is 42.5 Å². The Kier molecular flexibility index (Phi) is 4.45. The van der Waals surface area contributed by atoms with Gasteiger partial charge >= 0.3 is 0 Å². The van der Waals surface area contributed by atoms with Crippen LogP contribution in [0.2, 0.25) is 0 Å². The molecule has 0 bridgehead atoms. The van der Waals surface area contributed by atoms with Gasteiger partial charge in [-0.2, -0.15) is 0 Å². The highest BCUT2D eigenvalue weighted by Gasteiger charge is 2.21. The third-order valence-corrected chi connectivity index (χ3v) is 3.91. The van der Waals surface area contributed by atoms with Crippen LogP contribution in [-0.2, 0) is 0 Å². The number of rotatable bonds is 4. The maximum Gasteiger partial charge on any atom is 0.253 e. The van der Waals surface area contributed by atoms with Crippen molar-refractivity contribution < 1.29 is 9.90 Å². The van der Waals surface area contributed by atoms with Crippen molar-refractivity contribution in [3.63, 3.8) is 0 Å². The van der Waals surface area contributed by atoms with E-state index in [9.17, 15) is 4.79 Å². The van der Waals surface area contributed by atoms with E-state index in [1.807, 2.05) is 29.2 Å². The van der Waals surface area contributed by atoms with Gasteiger partial charge in [-0.15, -0.1) is 10.2 Å². The second-order valence-corrected chi connectivity index (χ2v) is 5.27. The quantitative estimate of drug-likeness (QED) is 0.861. The number of hydrogen-bond acceptors (Lipinski definition) is 5. The van der Waals surface area contributed by atoms with E-state index in [0.29, 0.717) is 25.2 Å². The Balaban J connectivity index is 1.63. The van der Waals surface area contributed by atoms with Crippen LogP contribution in [0.4, 0.5) is 0 Å². The minimum atomic E-state index is 0.0546. The van der Waals surface area contributed by atoms with Gasteiger partial charge in [0.2, 0.25) is 0 Å². The number of aliphatic hydroxyl groups excluding tert-OH is 1. The standard InChI is InChI=1S/C15H19N5O2/c21-10-9-18-5-7-19(8-6-18)15(22)13-1-3-14(4-2-13)20-11-16-17-12-20/h1-4,11-12,21H,5-10H2. The van der Waals surface area contributed by atoms with Crippen LogP contribution in [0.3, 0.4) is 0 Å². The molecular weight excluding hydrogens is 282 g/mol. The van der Waals surface area contributed by atoms with Gasteiger partial charge in [0.25, 0.3) is 5.91 Å². The fraction of sp³-hybridized carbons (Fsp3) is 0.400. The van der Waals surface area contributed by atoms with Crippen LogP contribution in [0.1, 0.15) is 10.4 Å². The highest BCUT2D eigenvalue weighted by atomic mass is 16.3. The second-order valence-electron chi connectivity index (χ2n) is 5.27. The Labute approximate surface area is 128 Å². The normalized spacial score (nSPS) is 16.0. The Morgan fingerprint density at radius 2 is 1.68 bits per heavy atom. The Bertz CT molecular complexity index is 603. The lowest BCUT2D eigenvalue weighted by Crippen LogP contribution is -2.49. The molecule has 0 atom stereocenters. The second kappa shape index (κ2) is 6.67. The highest BCUT2D eigenvalue weighted by molar-refractivity contribution is 5.94. The summed E-state index contributed by atoms with van der Waals surface area (Å²) >= 11 is 0. The van der Waals surface area contributed by atoms with Gasteiger partial charge in [0.1, 0.15) is 12.7 Å². The van der Waals surface area contributed by atoms with Crippen LogP contribution < -0.4 is 0 Å². The molecule has 3 rings (SSSR count). The van der Waals surface area contributed by atoms with Crippen LogP contribution in [-0.4, -0.2) is 74.9 Å². The summed E-state index contributed by atoms with van der Waals surface area (Å²) in [4.78, 5) is 16.5. The third-order valence-electron chi connectivity index (χ3n) is 3.91. The van der Waals surface area contributed by atoms with Gasteiger partial charge in [0, 0.05) is 44.0 Å². The molecule has 1 saturated heterocycles. The van der Waals surface area contributed by atoms with Crippen LogP contribution in [0.25, 0.3) is 5.69 Å². The zero-order chi connectivity index (χ0) is 15.4. The lowest BCUT2D eigenvalue weighted by Gasteiger charge is -2.34. The van der Waals surface area contributed by atoms with E-state index >= 15 is 0 Å². The Morgan fingerprint density at radius 3 is 2.27 bits per heavy atom. The van der Waals surface area contributed by atoms with E-state index in [1.165, 1.54) is 0 Å². The number of hydrogen-bond donors (Lipinski definition) is 1. The van der Waals surface area contributed by atoms with E-state index < -0.39 is 0 Å². The molecule has 1 amide bonds. The lowest BCUT2D eigenvalue weighted by molar-refractivity contribution is 0.0615. The molecule has 7 nitrogen and oxygen atoms in total. The monoisotopic (exact) mass is 301 g/mol. The first-order valence-corrected chi connectivity index (χ1v) is 7.35. The van der Waals surface area contributed by atoms with Gasteiger partial charge in [-0.05, 0) is 24.3 Å². The zero-order valence-corrected chi connectivity index (χ0v) is 12.3. The fourth-order valence-corrected chi connectivity index (χ4v) is 2.61. The predicted molar refractivity (Wildman–Crippen MR) is 80.8 cm³/mol. The Hall–Kier alpha value is -2.25. The number of benzene rings is 1. The number of aromatic nitrogens is 3. The number of aliphatic hydroxyl groups is 1. The largest absolute Gasteiger partial charge is 0.395 e. The SMILES string of the molecule is O=C(c1ccc(-n2cnnc2)cc1)N1CCN(CCO)CC1. The van der Waals surface area contributed by atoms with Crippen LogP contribution in [0.5, 0.6) is 0 Å². The number of carbonyl (C=O) groups excluding carboxylic acids is 1. The molecule has 0 spiro atoms. The zero-order valence-electron chi connectivity index (χ0n) is 12.3. The van der Waals surface area contributed by atoms with Gasteiger partial charge in [-0.3, -0.25) is 14.3 Å². The van der Waals surface area contributed by atoms with Crippen molar-refractivity contribution in [2.75, 3.05) is 39.3 Å². The summed E-state index contributed by atoms with van der Waals surface area (Å²) in [6.45, 7) is 3.86. The van der Waals surface area contributed by atoms with E-state index in [2.05, 4.69) is 15.1 Å². The van der Waals surface area contributed by atoms with Crippen LogP contribution >= 0.6 is 0 Å². The Morgan fingerprint density at radius 1 is 1.05 bits per heavy atom. The van der Waals surface area contributed by atoms with E-state index in [0.717, 1.165) is 18.8 Å². The average molecular weight is 301 g/mol. The first-order chi connectivity index (χ1) is 10.8. The highest BCUT2D eigenvalue weighted by Crippen LogP contribution is 2.12. The summed E-state index contributed by atoms with van der Waals surface area (Å²) < 4.78 is 1.79. The van der Waals surface area contributed by atoms with Crippen molar-refractivity contribution in [2.45, 2.75) is 0 Å². The molecule has 2 heterocycles. The minimum absolute atomic E-state index is 0.0546. The number of nitrogens with zero attached hydrogens (tertiary/aromatic N) is 5. The van der Waals surface area contributed by atoms with Crippen molar-refractivity contribution in [2.24, 2.45) is 0 Å². The molecule has 22 heavy (non-hydrogen) atoms. The number of carbonyl (C=O) groups is 1. The molecule has 116 valence electrons. The van der Waals surface area contributed by atoms with Crippen molar-refractivity contribution in [3.8, 4) is 5.69 Å². The maximum absolute atomic E-state index is 12.5.